The van der Waals surface area contributed by atoms with Gasteiger partial charge in [-0.2, -0.15) is 0 Å². The van der Waals surface area contributed by atoms with Crippen molar-refractivity contribution in [2.45, 2.75) is 27.2 Å². The van der Waals surface area contributed by atoms with Gasteiger partial charge in [-0.05, 0) is 37.5 Å². The van der Waals surface area contributed by atoms with Gasteiger partial charge in [-0.3, -0.25) is 4.79 Å². The van der Waals surface area contributed by atoms with Crippen LogP contribution in [0.1, 0.15) is 35.3 Å². The van der Waals surface area contributed by atoms with Crippen molar-refractivity contribution in [2.24, 2.45) is 0 Å². The Morgan fingerprint density at radius 3 is 2.50 bits per heavy atom. The molecule has 1 rings (SSSR count). The Bertz CT molecular complexity index is 354. The number of Topliss-reactive ketones (excluding diaryl/α,β-unsaturated/α-hetero) is 1. The molecule has 14 heavy (non-hydrogen) atoms. The number of hydrogen-bond acceptors (Lipinski definition) is 2. The van der Waals surface area contributed by atoms with Crippen molar-refractivity contribution in [1.82, 2.24) is 0 Å². The molecule has 0 heterocycles. The van der Waals surface area contributed by atoms with E-state index in [0.29, 0.717) is 11.3 Å². The summed E-state index contributed by atoms with van der Waals surface area (Å²) < 4.78 is 5.21. The van der Waals surface area contributed by atoms with Crippen LogP contribution in [0, 0.1) is 6.92 Å². The average Bonchev–Trinajstić information content (AvgIpc) is 2.15. The maximum atomic E-state index is 11.4. The topological polar surface area (TPSA) is 26.3 Å². The summed E-state index contributed by atoms with van der Waals surface area (Å²) in [5, 5.41) is 0. The van der Waals surface area contributed by atoms with Crippen molar-refractivity contribution in [3.8, 4) is 5.75 Å². The van der Waals surface area contributed by atoms with E-state index in [1.54, 1.807) is 14.0 Å². The fourth-order valence-electron chi connectivity index (χ4n) is 1.64. The second-order valence-electron chi connectivity index (χ2n) is 3.40. The highest BCUT2D eigenvalue weighted by molar-refractivity contribution is 5.98. The van der Waals surface area contributed by atoms with Crippen LogP contribution in [0.2, 0.25) is 0 Å². The first kappa shape index (κ1) is 10.8. The van der Waals surface area contributed by atoms with Crippen molar-refractivity contribution < 1.29 is 9.53 Å². The first-order valence-corrected chi connectivity index (χ1v) is 4.78. The van der Waals surface area contributed by atoms with Crippen LogP contribution in [0.5, 0.6) is 5.75 Å². The van der Waals surface area contributed by atoms with Crippen molar-refractivity contribution in [3.05, 3.63) is 28.8 Å². The molecule has 0 radical (unpaired) electrons. The van der Waals surface area contributed by atoms with E-state index in [1.807, 2.05) is 19.1 Å². The van der Waals surface area contributed by atoms with E-state index >= 15 is 0 Å². The van der Waals surface area contributed by atoms with Gasteiger partial charge in [0.25, 0.3) is 0 Å². The van der Waals surface area contributed by atoms with Gasteiger partial charge in [0.05, 0.1) is 12.7 Å². The second-order valence-corrected chi connectivity index (χ2v) is 3.40. The number of benzene rings is 1. The number of carbonyl (C=O) groups is 1. The third-order valence-corrected chi connectivity index (χ3v) is 2.34. The molecule has 2 nitrogen and oxygen atoms in total. The molecule has 0 aliphatic heterocycles. The first-order valence-electron chi connectivity index (χ1n) is 4.78. The summed E-state index contributed by atoms with van der Waals surface area (Å²) in [5.41, 5.74) is 2.89. The van der Waals surface area contributed by atoms with Gasteiger partial charge in [0.15, 0.2) is 5.78 Å². The maximum Gasteiger partial charge on any atom is 0.163 e. The summed E-state index contributed by atoms with van der Waals surface area (Å²) in [6, 6.07) is 3.98. The second kappa shape index (κ2) is 4.27. The smallest absolute Gasteiger partial charge is 0.163 e. The lowest BCUT2D eigenvalue weighted by Gasteiger charge is -2.10. The molecular weight excluding hydrogens is 176 g/mol. The summed E-state index contributed by atoms with van der Waals surface area (Å²) >= 11 is 0. The van der Waals surface area contributed by atoms with E-state index in [0.717, 1.165) is 12.0 Å². The molecule has 0 aliphatic rings. The van der Waals surface area contributed by atoms with Gasteiger partial charge in [-0.25, -0.2) is 0 Å². The minimum Gasteiger partial charge on any atom is -0.496 e. The van der Waals surface area contributed by atoms with Gasteiger partial charge in [-0.1, -0.05) is 13.0 Å². The van der Waals surface area contributed by atoms with Crippen LogP contribution < -0.4 is 4.74 Å². The van der Waals surface area contributed by atoms with E-state index in [4.69, 9.17) is 4.74 Å². The Hall–Kier alpha value is -1.31. The number of aryl methyl sites for hydroxylation is 2. The summed E-state index contributed by atoms with van der Waals surface area (Å²) in [6.45, 7) is 5.59. The fraction of sp³-hybridized carbons (Fsp3) is 0.417. The number of methoxy groups -OCH3 is 1. The summed E-state index contributed by atoms with van der Waals surface area (Å²) in [5.74, 6) is 0.747. The third-order valence-electron chi connectivity index (χ3n) is 2.34. The molecule has 1 aromatic carbocycles. The van der Waals surface area contributed by atoms with Crippen LogP contribution >= 0.6 is 0 Å². The van der Waals surface area contributed by atoms with Gasteiger partial charge in [0.2, 0.25) is 0 Å². The van der Waals surface area contributed by atoms with Crippen LogP contribution in [0.15, 0.2) is 12.1 Å². The van der Waals surface area contributed by atoms with Crippen LogP contribution in [0.4, 0.5) is 0 Å². The van der Waals surface area contributed by atoms with Crippen molar-refractivity contribution in [2.75, 3.05) is 7.11 Å². The summed E-state index contributed by atoms with van der Waals surface area (Å²) in [4.78, 5) is 11.4. The molecule has 0 N–H and O–H groups in total. The van der Waals surface area contributed by atoms with E-state index in [2.05, 4.69) is 6.92 Å². The van der Waals surface area contributed by atoms with Gasteiger partial charge < -0.3 is 4.74 Å². The van der Waals surface area contributed by atoms with Gasteiger partial charge >= 0.3 is 0 Å². The number of carbonyl (C=O) groups excluding carboxylic acids is 1. The minimum absolute atomic E-state index is 0.0574. The minimum atomic E-state index is 0.0574. The first-order chi connectivity index (χ1) is 6.60. The molecule has 1 aromatic rings. The van der Waals surface area contributed by atoms with E-state index in [-0.39, 0.29) is 5.78 Å². The number of ketones is 1. The van der Waals surface area contributed by atoms with Crippen LogP contribution in [-0.2, 0) is 6.42 Å². The predicted octanol–water partition coefficient (Wildman–Crippen LogP) is 2.77. The molecule has 0 aliphatic carbocycles. The van der Waals surface area contributed by atoms with Crippen molar-refractivity contribution in [1.29, 1.82) is 0 Å². The van der Waals surface area contributed by atoms with E-state index in [9.17, 15) is 4.79 Å². The standard InChI is InChI=1S/C12H16O2/c1-5-10-6-8(2)12(9(3)13)11(7-10)14-4/h6-7H,5H2,1-4H3. The van der Waals surface area contributed by atoms with Crippen LogP contribution in [0.3, 0.4) is 0 Å². The van der Waals surface area contributed by atoms with Crippen LogP contribution in [-0.4, -0.2) is 12.9 Å². The molecule has 76 valence electrons. The Morgan fingerprint density at radius 1 is 1.43 bits per heavy atom. The molecule has 0 amide bonds. The normalized spacial score (nSPS) is 10.0. The predicted molar refractivity (Wildman–Crippen MR) is 57.1 cm³/mol. The Morgan fingerprint density at radius 2 is 2.07 bits per heavy atom. The molecular formula is C12H16O2. The lowest BCUT2D eigenvalue weighted by atomic mass is 10.00. The zero-order valence-corrected chi connectivity index (χ0v) is 9.18. The van der Waals surface area contributed by atoms with E-state index in [1.165, 1.54) is 5.56 Å². The lowest BCUT2D eigenvalue weighted by Crippen LogP contribution is -2.02. The van der Waals surface area contributed by atoms with Gasteiger partial charge in [0, 0.05) is 0 Å². The Kier molecular flexibility index (Phi) is 3.28. The molecule has 0 unspecified atom stereocenters. The number of rotatable bonds is 3. The molecule has 0 atom stereocenters. The highest BCUT2D eigenvalue weighted by atomic mass is 16.5. The Labute approximate surface area is 84.9 Å². The van der Waals surface area contributed by atoms with Gasteiger partial charge in [0.1, 0.15) is 5.75 Å². The quantitative estimate of drug-likeness (QED) is 0.688. The van der Waals surface area contributed by atoms with Gasteiger partial charge in [-0.15, -0.1) is 0 Å². The highest BCUT2D eigenvalue weighted by Crippen LogP contribution is 2.24. The van der Waals surface area contributed by atoms with Crippen molar-refractivity contribution in [3.63, 3.8) is 0 Å². The fourth-order valence-corrected chi connectivity index (χ4v) is 1.64. The summed E-state index contributed by atoms with van der Waals surface area (Å²) in [6.07, 6.45) is 0.954. The summed E-state index contributed by atoms with van der Waals surface area (Å²) in [7, 11) is 1.60. The lowest BCUT2D eigenvalue weighted by molar-refractivity contribution is 0.101. The maximum absolute atomic E-state index is 11.4. The molecule has 0 bridgehead atoms. The monoisotopic (exact) mass is 192 g/mol. The number of hydrogen-bond donors (Lipinski definition) is 0. The molecule has 0 spiro atoms. The molecule has 2 heteroatoms. The highest BCUT2D eigenvalue weighted by Gasteiger charge is 2.11. The largest absolute Gasteiger partial charge is 0.496 e. The van der Waals surface area contributed by atoms with Crippen LogP contribution in [0.25, 0.3) is 0 Å². The molecule has 0 saturated heterocycles. The third kappa shape index (κ3) is 1.95. The Balaban J connectivity index is 3.34. The zero-order chi connectivity index (χ0) is 10.7. The molecule has 0 saturated carbocycles. The number of ether oxygens (including phenoxy) is 1. The van der Waals surface area contributed by atoms with Crippen molar-refractivity contribution >= 4 is 5.78 Å². The zero-order valence-electron chi connectivity index (χ0n) is 9.18. The SMILES string of the molecule is CCc1cc(C)c(C(C)=O)c(OC)c1. The average molecular weight is 192 g/mol. The molecule has 0 fully saturated rings. The van der Waals surface area contributed by atoms with E-state index < -0.39 is 0 Å². The molecule has 0 aromatic heterocycles.